The van der Waals surface area contributed by atoms with Crippen molar-refractivity contribution >= 4 is 0 Å². The van der Waals surface area contributed by atoms with Crippen molar-refractivity contribution in [1.82, 2.24) is 0 Å². The van der Waals surface area contributed by atoms with Gasteiger partial charge in [0.05, 0.1) is 11.1 Å². The predicted molar refractivity (Wildman–Crippen MR) is 61.7 cm³/mol. The van der Waals surface area contributed by atoms with E-state index in [1.54, 1.807) is 6.07 Å². The molecule has 0 radical (unpaired) electrons. The van der Waals surface area contributed by atoms with Crippen molar-refractivity contribution < 1.29 is 13.2 Å². The highest BCUT2D eigenvalue weighted by Crippen LogP contribution is 2.30. The lowest BCUT2D eigenvalue weighted by molar-refractivity contribution is -0.137. The summed E-state index contributed by atoms with van der Waals surface area (Å²) in [7, 11) is 0. The first-order chi connectivity index (χ1) is 8.99. The highest BCUT2D eigenvalue weighted by Gasteiger charge is 2.30. The fraction of sp³-hybridized carbons (Fsp3) is 0.250. The van der Waals surface area contributed by atoms with Gasteiger partial charge in [-0.25, -0.2) is 0 Å². The molecule has 4 nitrogen and oxygen atoms in total. The fourth-order valence-corrected chi connectivity index (χ4v) is 1.23. The summed E-state index contributed by atoms with van der Waals surface area (Å²) in [5.74, 6) is 5.20. The Morgan fingerprint density at radius 1 is 1.32 bits per heavy atom. The molecule has 19 heavy (non-hydrogen) atoms. The largest absolute Gasteiger partial charge is 0.416 e. The summed E-state index contributed by atoms with van der Waals surface area (Å²) < 4.78 is 37.3. The number of hydrogen-bond donors (Lipinski definition) is 0. The van der Waals surface area contributed by atoms with Crippen molar-refractivity contribution in [3.63, 3.8) is 0 Å². The van der Waals surface area contributed by atoms with E-state index in [0.717, 1.165) is 18.2 Å². The summed E-state index contributed by atoms with van der Waals surface area (Å²) in [6, 6.07) is 4.47. The molecule has 0 unspecified atom stereocenters. The van der Waals surface area contributed by atoms with Gasteiger partial charge in [-0.05, 0) is 23.7 Å². The van der Waals surface area contributed by atoms with Crippen molar-refractivity contribution in [3.8, 4) is 17.9 Å². The van der Waals surface area contributed by atoms with Gasteiger partial charge in [0.15, 0.2) is 0 Å². The van der Waals surface area contributed by atoms with Gasteiger partial charge in [0.2, 0.25) is 0 Å². The molecule has 0 N–H and O–H groups in total. The van der Waals surface area contributed by atoms with Gasteiger partial charge in [0, 0.05) is 23.4 Å². The van der Waals surface area contributed by atoms with Crippen molar-refractivity contribution in [1.29, 1.82) is 5.26 Å². The molecule has 0 spiro atoms. The van der Waals surface area contributed by atoms with Crippen LogP contribution in [0.3, 0.4) is 0 Å². The second-order valence-electron chi connectivity index (χ2n) is 3.38. The van der Waals surface area contributed by atoms with Crippen molar-refractivity contribution in [2.75, 3.05) is 6.54 Å². The summed E-state index contributed by atoms with van der Waals surface area (Å²) >= 11 is 0. The topological polar surface area (TPSA) is 72.5 Å². The third-order valence-corrected chi connectivity index (χ3v) is 2.09. The second kappa shape index (κ2) is 6.34. The zero-order valence-electron chi connectivity index (χ0n) is 9.57. The first-order valence-electron chi connectivity index (χ1n) is 5.10. The van der Waals surface area contributed by atoms with Gasteiger partial charge in [-0.15, -0.1) is 0 Å². The lowest BCUT2D eigenvalue weighted by atomic mass is 10.0. The monoisotopic (exact) mass is 264 g/mol. The minimum atomic E-state index is -4.49. The van der Waals surface area contributed by atoms with Gasteiger partial charge >= 0.3 is 6.18 Å². The van der Waals surface area contributed by atoms with Crippen LogP contribution in [-0.2, 0) is 6.18 Å². The van der Waals surface area contributed by atoms with Crippen LogP contribution in [0.2, 0.25) is 0 Å². The number of azide groups is 1. The molecule has 0 aliphatic carbocycles. The predicted octanol–water partition coefficient (Wildman–Crippen LogP) is 3.63. The molecule has 0 fully saturated rings. The molecular formula is C12H7F3N4. The number of nitrogens with zero attached hydrogens (tertiary/aromatic N) is 4. The summed E-state index contributed by atoms with van der Waals surface area (Å²) in [6.07, 6.45) is -4.21. The maximum atomic E-state index is 12.4. The molecule has 1 rings (SSSR count). The number of benzene rings is 1. The van der Waals surface area contributed by atoms with E-state index in [4.69, 9.17) is 10.8 Å². The lowest BCUT2D eigenvalue weighted by Crippen LogP contribution is -2.05. The summed E-state index contributed by atoms with van der Waals surface area (Å²) in [6.45, 7) is 0.173. The van der Waals surface area contributed by atoms with E-state index < -0.39 is 11.7 Å². The number of alkyl halides is 3. The zero-order valence-corrected chi connectivity index (χ0v) is 9.57. The molecule has 0 aromatic heterocycles. The third-order valence-electron chi connectivity index (χ3n) is 2.09. The fourth-order valence-electron chi connectivity index (χ4n) is 1.23. The number of rotatable bonds is 2. The molecule has 0 aliphatic rings. The maximum Gasteiger partial charge on any atom is 0.416 e. The van der Waals surface area contributed by atoms with Crippen LogP contribution in [0.4, 0.5) is 13.2 Å². The van der Waals surface area contributed by atoms with E-state index in [0.29, 0.717) is 0 Å². The average molecular weight is 264 g/mol. The van der Waals surface area contributed by atoms with Crippen LogP contribution in [0.25, 0.3) is 10.4 Å². The Bertz CT molecular complexity index is 611. The van der Waals surface area contributed by atoms with Crippen LogP contribution in [-0.4, -0.2) is 6.54 Å². The van der Waals surface area contributed by atoms with E-state index in [9.17, 15) is 13.2 Å². The molecule has 0 saturated heterocycles. The van der Waals surface area contributed by atoms with E-state index in [-0.39, 0.29) is 24.1 Å². The molecule has 96 valence electrons. The molecule has 0 heterocycles. The first-order valence-corrected chi connectivity index (χ1v) is 5.10. The smallest absolute Gasteiger partial charge is 0.192 e. The number of hydrogen-bond acceptors (Lipinski definition) is 2. The highest BCUT2D eigenvalue weighted by molar-refractivity contribution is 5.50. The SMILES string of the molecule is N#Cc1cc(C(F)(F)F)ccc1C#CCCN=[N+]=[N-]. The van der Waals surface area contributed by atoms with Gasteiger partial charge in [0.25, 0.3) is 0 Å². The molecule has 0 saturated carbocycles. The molecule has 1 aromatic carbocycles. The van der Waals surface area contributed by atoms with E-state index in [1.807, 2.05) is 0 Å². The molecular weight excluding hydrogens is 257 g/mol. The summed E-state index contributed by atoms with van der Waals surface area (Å²) in [4.78, 5) is 2.53. The summed E-state index contributed by atoms with van der Waals surface area (Å²) in [5.41, 5.74) is 7.23. The van der Waals surface area contributed by atoms with E-state index in [2.05, 4.69) is 21.9 Å². The van der Waals surface area contributed by atoms with Crippen LogP contribution in [0.5, 0.6) is 0 Å². The van der Waals surface area contributed by atoms with Gasteiger partial charge in [-0.1, -0.05) is 17.0 Å². The Morgan fingerprint density at radius 2 is 2.05 bits per heavy atom. The van der Waals surface area contributed by atoms with Gasteiger partial charge in [-0.2, -0.15) is 18.4 Å². The summed E-state index contributed by atoms with van der Waals surface area (Å²) in [5, 5.41) is 12.1. The minimum Gasteiger partial charge on any atom is -0.192 e. The Hall–Kier alpha value is -2.63. The van der Waals surface area contributed by atoms with Crippen LogP contribution in [0, 0.1) is 23.2 Å². The number of halogens is 3. The average Bonchev–Trinajstić information content (AvgIpc) is 2.37. The van der Waals surface area contributed by atoms with Gasteiger partial charge < -0.3 is 0 Å². The number of nitriles is 1. The van der Waals surface area contributed by atoms with Gasteiger partial charge in [0.1, 0.15) is 6.07 Å². The van der Waals surface area contributed by atoms with E-state index in [1.165, 1.54) is 0 Å². The Labute approximate surface area is 107 Å². The standard InChI is InChI=1S/C12H7F3N4/c13-12(14,15)11-5-4-9(10(7-11)8-16)3-1-2-6-18-19-17/h4-5,7H,2,6H2. The Morgan fingerprint density at radius 3 is 2.63 bits per heavy atom. The molecule has 0 aliphatic heterocycles. The normalized spacial score (nSPS) is 9.79. The highest BCUT2D eigenvalue weighted by atomic mass is 19.4. The minimum absolute atomic E-state index is 0.133. The Kier molecular flexibility index (Phi) is 4.82. The Balaban J connectivity index is 2.98. The van der Waals surface area contributed by atoms with Crippen LogP contribution in [0.15, 0.2) is 23.3 Å². The second-order valence-corrected chi connectivity index (χ2v) is 3.38. The van der Waals surface area contributed by atoms with Gasteiger partial charge in [-0.3, -0.25) is 0 Å². The van der Waals surface area contributed by atoms with Crippen LogP contribution >= 0.6 is 0 Å². The first kappa shape index (κ1) is 14.4. The third kappa shape index (κ3) is 4.27. The van der Waals surface area contributed by atoms with Crippen LogP contribution < -0.4 is 0 Å². The van der Waals surface area contributed by atoms with Crippen LogP contribution in [0.1, 0.15) is 23.1 Å². The van der Waals surface area contributed by atoms with Crippen molar-refractivity contribution in [3.05, 3.63) is 45.3 Å². The molecule has 7 heteroatoms. The lowest BCUT2D eigenvalue weighted by Gasteiger charge is -2.06. The molecule has 0 bridgehead atoms. The molecule has 1 aromatic rings. The van der Waals surface area contributed by atoms with E-state index >= 15 is 0 Å². The zero-order chi connectivity index (χ0) is 14.3. The van der Waals surface area contributed by atoms with Crippen molar-refractivity contribution in [2.45, 2.75) is 12.6 Å². The maximum absolute atomic E-state index is 12.4. The molecule has 0 atom stereocenters. The van der Waals surface area contributed by atoms with Crippen molar-refractivity contribution in [2.24, 2.45) is 5.11 Å². The molecule has 0 amide bonds. The quantitative estimate of drug-likeness (QED) is 0.264.